The molecule has 0 aliphatic carbocycles. The Morgan fingerprint density at radius 2 is 2.06 bits per heavy atom. The molecule has 1 rings (SSSR count). The summed E-state index contributed by atoms with van der Waals surface area (Å²) in [7, 11) is 1.74. The van der Waals surface area contributed by atoms with E-state index in [1.807, 2.05) is 0 Å². The molecule has 0 spiro atoms. The van der Waals surface area contributed by atoms with Gasteiger partial charge in [0.2, 0.25) is 0 Å². The molecule has 0 bridgehead atoms. The molecule has 3 heteroatoms. The largest absolute Gasteiger partial charge is 0.383 e. The van der Waals surface area contributed by atoms with Crippen LogP contribution in [0.2, 0.25) is 0 Å². The topological polar surface area (TPSA) is 38.5 Å². The molecule has 1 atom stereocenters. The molecule has 0 heterocycles. The van der Waals surface area contributed by atoms with E-state index in [9.17, 15) is 0 Å². The molecular formula is C15H26N2O. The van der Waals surface area contributed by atoms with Crippen LogP contribution in [0.15, 0.2) is 18.2 Å². The van der Waals surface area contributed by atoms with Gasteiger partial charge in [0.1, 0.15) is 0 Å². The van der Waals surface area contributed by atoms with E-state index in [-0.39, 0.29) is 6.04 Å². The zero-order chi connectivity index (χ0) is 13.5. The molecule has 0 saturated heterocycles. The molecule has 0 fully saturated rings. The van der Waals surface area contributed by atoms with Crippen molar-refractivity contribution < 1.29 is 4.74 Å². The van der Waals surface area contributed by atoms with Gasteiger partial charge in [-0.1, -0.05) is 25.1 Å². The van der Waals surface area contributed by atoms with E-state index in [4.69, 9.17) is 10.5 Å². The number of nitrogens with zero attached hydrogens (tertiary/aromatic N) is 1. The normalized spacial score (nSPS) is 13.0. The third-order valence-corrected chi connectivity index (χ3v) is 3.66. The maximum Gasteiger partial charge on any atom is 0.0589 e. The van der Waals surface area contributed by atoms with Crippen molar-refractivity contribution >= 4 is 0 Å². The van der Waals surface area contributed by atoms with Crippen LogP contribution in [0.4, 0.5) is 0 Å². The maximum absolute atomic E-state index is 5.99. The Balaban J connectivity index is 2.96. The first-order valence-corrected chi connectivity index (χ1v) is 6.64. The Hall–Kier alpha value is -0.900. The molecule has 0 aromatic heterocycles. The van der Waals surface area contributed by atoms with Crippen molar-refractivity contribution in [1.29, 1.82) is 0 Å². The van der Waals surface area contributed by atoms with Gasteiger partial charge in [0, 0.05) is 26.2 Å². The van der Waals surface area contributed by atoms with E-state index < -0.39 is 0 Å². The van der Waals surface area contributed by atoms with Crippen molar-refractivity contribution in [3.05, 3.63) is 34.9 Å². The number of likely N-dealkylation sites (N-methyl/N-ethyl adjacent to an activating group) is 1. The third kappa shape index (κ3) is 3.55. The van der Waals surface area contributed by atoms with Crippen LogP contribution in [0, 0.1) is 13.8 Å². The summed E-state index contributed by atoms with van der Waals surface area (Å²) in [5.41, 5.74) is 10.0. The lowest BCUT2D eigenvalue weighted by Crippen LogP contribution is -2.36. The molecule has 18 heavy (non-hydrogen) atoms. The van der Waals surface area contributed by atoms with Crippen LogP contribution in [-0.4, -0.2) is 38.3 Å². The molecule has 102 valence electrons. The molecule has 0 saturated carbocycles. The number of benzene rings is 1. The molecule has 1 unspecified atom stereocenters. The highest BCUT2D eigenvalue weighted by molar-refractivity contribution is 5.35. The second-order valence-electron chi connectivity index (χ2n) is 4.66. The summed E-state index contributed by atoms with van der Waals surface area (Å²) in [5, 5.41) is 0. The average Bonchev–Trinajstić information content (AvgIpc) is 2.38. The fourth-order valence-electron chi connectivity index (χ4n) is 2.35. The van der Waals surface area contributed by atoms with Crippen LogP contribution < -0.4 is 5.73 Å². The number of ether oxygens (including phenoxy) is 1. The zero-order valence-electron chi connectivity index (χ0n) is 12.1. The number of nitrogens with two attached hydrogens (primary N) is 1. The summed E-state index contributed by atoms with van der Waals surface area (Å²) < 4.78 is 5.18. The molecule has 1 aromatic carbocycles. The minimum absolute atomic E-state index is 0.282. The van der Waals surface area contributed by atoms with Crippen molar-refractivity contribution in [1.82, 2.24) is 4.90 Å². The van der Waals surface area contributed by atoms with Crippen molar-refractivity contribution in [3.63, 3.8) is 0 Å². The standard InChI is InChI=1S/C15H26N2O/c1-5-17(9-10-18-4)15(11-16)14-8-6-7-12(2)13(14)3/h6-8,15H,5,9-11,16H2,1-4H3. The molecule has 0 aliphatic heterocycles. The lowest BCUT2D eigenvalue weighted by molar-refractivity contribution is 0.125. The Bertz CT molecular complexity index is 366. The second kappa shape index (κ2) is 7.52. The van der Waals surface area contributed by atoms with Gasteiger partial charge in [-0.25, -0.2) is 0 Å². The van der Waals surface area contributed by atoms with Gasteiger partial charge in [-0.3, -0.25) is 4.90 Å². The number of rotatable bonds is 7. The van der Waals surface area contributed by atoms with Gasteiger partial charge in [0.15, 0.2) is 0 Å². The fourth-order valence-corrected chi connectivity index (χ4v) is 2.35. The van der Waals surface area contributed by atoms with Crippen molar-refractivity contribution in [2.24, 2.45) is 5.73 Å². The van der Waals surface area contributed by atoms with E-state index in [2.05, 4.69) is 43.9 Å². The molecule has 1 aromatic rings. The highest BCUT2D eigenvalue weighted by Gasteiger charge is 2.19. The molecule has 3 nitrogen and oxygen atoms in total. The van der Waals surface area contributed by atoms with Gasteiger partial charge in [-0.2, -0.15) is 0 Å². The monoisotopic (exact) mass is 250 g/mol. The Kier molecular flexibility index (Phi) is 6.33. The van der Waals surface area contributed by atoms with Crippen LogP contribution in [-0.2, 0) is 4.74 Å². The van der Waals surface area contributed by atoms with Crippen molar-refractivity contribution in [3.8, 4) is 0 Å². The molecular weight excluding hydrogens is 224 g/mol. The predicted molar refractivity (Wildman–Crippen MR) is 76.8 cm³/mol. The first-order chi connectivity index (χ1) is 8.65. The maximum atomic E-state index is 5.99. The van der Waals surface area contributed by atoms with E-state index in [1.165, 1.54) is 16.7 Å². The van der Waals surface area contributed by atoms with Gasteiger partial charge < -0.3 is 10.5 Å². The van der Waals surface area contributed by atoms with Crippen LogP contribution >= 0.6 is 0 Å². The van der Waals surface area contributed by atoms with Crippen molar-refractivity contribution in [2.45, 2.75) is 26.8 Å². The minimum Gasteiger partial charge on any atom is -0.383 e. The highest BCUT2D eigenvalue weighted by atomic mass is 16.5. The van der Waals surface area contributed by atoms with Crippen LogP contribution in [0.25, 0.3) is 0 Å². The lowest BCUT2D eigenvalue weighted by atomic mass is 9.96. The summed E-state index contributed by atoms with van der Waals surface area (Å²) >= 11 is 0. The lowest BCUT2D eigenvalue weighted by Gasteiger charge is -2.31. The van der Waals surface area contributed by atoms with Gasteiger partial charge in [-0.05, 0) is 37.1 Å². The summed E-state index contributed by atoms with van der Waals surface area (Å²) in [6.45, 7) is 9.79. The number of hydrogen-bond donors (Lipinski definition) is 1. The van der Waals surface area contributed by atoms with E-state index in [1.54, 1.807) is 7.11 Å². The average molecular weight is 250 g/mol. The first-order valence-electron chi connectivity index (χ1n) is 6.64. The second-order valence-corrected chi connectivity index (χ2v) is 4.66. The Labute approximate surface area is 111 Å². The van der Waals surface area contributed by atoms with E-state index in [0.29, 0.717) is 6.54 Å². The summed E-state index contributed by atoms with van der Waals surface area (Å²) in [4.78, 5) is 2.38. The SMILES string of the molecule is CCN(CCOC)C(CN)c1cccc(C)c1C. The summed E-state index contributed by atoms with van der Waals surface area (Å²) in [5.74, 6) is 0. The smallest absolute Gasteiger partial charge is 0.0589 e. The predicted octanol–water partition coefficient (Wildman–Crippen LogP) is 2.27. The zero-order valence-corrected chi connectivity index (χ0v) is 12.1. The van der Waals surface area contributed by atoms with E-state index >= 15 is 0 Å². The Morgan fingerprint density at radius 3 is 2.61 bits per heavy atom. The van der Waals surface area contributed by atoms with Gasteiger partial charge >= 0.3 is 0 Å². The third-order valence-electron chi connectivity index (χ3n) is 3.66. The molecule has 2 N–H and O–H groups in total. The number of aryl methyl sites for hydroxylation is 1. The summed E-state index contributed by atoms with van der Waals surface area (Å²) in [6, 6.07) is 6.74. The molecule has 0 radical (unpaired) electrons. The van der Waals surface area contributed by atoms with Crippen LogP contribution in [0.5, 0.6) is 0 Å². The van der Waals surface area contributed by atoms with Gasteiger partial charge in [-0.15, -0.1) is 0 Å². The van der Waals surface area contributed by atoms with E-state index in [0.717, 1.165) is 19.7 Å². The fraction of sp³-hybridized carbons (Fsp3) is 0.600. The van der Waals surface area contributed by atoms with Gasteiger partial charge in [0.25, 0.3) is 0 Å². The highest BCUT2D eigenvalue weighted by Crippen LogP contribution is 2.24. The number of hydrogen-bond acceptors (Lipinski definition) is 3. The van der Waals surface area contributed by atoms with Crippen LogP contribution in [0.3, 0.4) is 0 Å². The quantitative estimate of drug-likeness (QED) is 0.807. The van der Waals surface area contributed by atoms with Gasteiger partial charge in [0.05, 0.1) is 6.61 Å². The summed E-state index contributed by atoms with van der Waals surface area (Å²) in [6.07, 6.45) is 0. The minimum atomic E-state index is 0.282. The van der Waals surface area contributed by atoms with Crippen LogP contribution in [0.1, 0.15) is 29.7 Å². The van der Waals surface area contributed by atoms with Crippen molar-refractivity contribution in [2.75, 3.05) is 33.4 Å². The Morgan fingerprint density at radius 1 is 1.33 bits per heavy atom. The first kappa shape index (κ1) is 15.2. The molecule has 0 amide bonds. The number of methoxy groups -OCH3 is 1. The molecule has 0 aliphatic rings.